The molecule has 0 aliphatic heterocycles. The molecule has 1 N–H and O–H groups in total. The highest BCUT2D eigenvalue weighted by atomic mass is 16.5. The third kappa shape index (κ3) is 1.83. The molecule has 0 aromatic heterocycles. The van der Waals surface area contributed by atoms with Gasteiger partial charge in [0.15, 0.2) is 5.78 Å². The first-order valence-corrected chi connectivity index (χ1v) is 5.56. The second kappa shape index (κ2) is 4.26. The first-order valence-electron chi connectivity index (χ1n) is 5.56. The summed E-state index contributed by atoms with van der Waals surface area (Å²) in [6, 6.07) is 7.44. The number of benzene rings is 1. The molecule has 0 radical (unpaired) electrons. The molecule has 86 valence electrons. The topological polar surface area (TPSA) is 38.3 Å². The van der Waals surface area contributed by atoms with Gasteiger partial charge in [0.2, 0.25) is 0 Å². The Hall–Kier alpha value is -1.35. The number of para-hydroxylation sites is 1. The van der Waals surface area contributed by atoms with E-state index < -0.39 is 0 Å². The molecule has 1 aliphatic rings. The van der Waals surface area contributed by atoms with Crippen LogP contribution in [-0.2, 0) is 0 Å². The van der Waals surface area contributed by atoms with Crippen LogP contribution in [0.5, 0.6) is 5.75 Å². The Kier molecular flexibility index (Phi) is 2.97. The van der Waals surface area contributed by atoms with E-state index in [2.05, 4.69) is 5.32 Å². The van der Waals surface area contributed by atoms with Gasteiger partial charge in [-0.05, 0) is 32.0 Å². The quantitative estimate of drug-likeness (QED) is 0.768. The van der Waals surface area contributed by atoms with Crippen molar-refractivity contribution in [2.45, 2.75) is 12.8 Å². The second-order valence-electron chi connectivity index (χ2n) is 4.34. The average Bonchev–Trinajstić information content (AvgIpc) is 3.09. The predicted octanol–water partition coefficient (Wildman–Crippen LogP) is 1.88. The molecule has 1 fully saturated rings. The van der Waals surface area contributed by atoms with Gasteiger partial charge in [-0.2, -0.15) is 0 Å². The fraction of sp³-hybridized carbons (Fsp3) is 0.462. The van der Waals surface area contributed by atoms with Crippen molar-refractivity contribution in [2.24, 2.45) is 5.41 Å². The van der Waals surface area contributed by atoms with Crippen molar-refractivity contribution in [1.82, 2.24) is 5.32 Å². The molecular formula is C13H17NO2. The zero-order valence-electron chi connectivity index (χ0n) is 9.75. The normalized spacial score (nSPS) is 16.9. The second-order valence-corrected chi connectivity index (χ2v) is 4.34. The molecule has 1 aromatic carbocycles. The van der Waals surface area contributed by atoms with Crippen LogP contribution in [0.2, 0.25) is 0 Å². The van der Waals surface area contributed by atoms with Gasteiger partial charge in [-0.15, -0.1) is 0 Å². The third-order valence-corrected chi connectivity index (χ3v) is 3.20. The molecule has 16 heavy (non-hydrogen) atoms. The van der Waals surface area contributed by atoms with Gasteiger partial charge in [0, 0.05) is 12.0 Å². The minimum atomic E-state index is -0.177. The van der Waals surface area contributed by atoms with Crippen LogP contribution in [0, 0.1) is 5.41 Å². The van der Waals surface area contributed by atoms with E-state index in [1.807, 2.05) is 31.3 Å². The van der Waals surface area contributed by atoms with Crippen LogP contribution in [0.4, 0.5) is 0 Å². The van der Waals surface area contributed by atoms with E-state index in [1.165, 1.54) is 0 Å². The lowest BCUT2D eigenvalue weighted by Crippen LogP contribution is -2.28. The summed E-state index contributed by atoms with van der Waals surface area (Å²) in [5, 5.41) is 3.10. The van der Waals surface area contributed by atoms with E-state index in [0.29, 0.717) is 11.3 Å². The van der Waals surface area contributed by atoms with Crippen molar-refractivity contribution in [1.29, 1.82) is 0 Å². The summed E-state index contributed by atoms with van der Waals surface area (Å²) in [6.45, 7) is 0.754. The van der Waals surface area contributed by atoms with Gasteiger partial charge in [-0.1, -0.05) is 12.1 Å². The number of nitrogens with one attached hydrogen (secondary N) is 1. The lowest BCUT2D eigenvalue weighted by Gasteiger charge is -2.15. The molecule has 1 saturated carbocycles. The lowest BCUT2D eigenvalue weighted by atomic mass is 9.94. The highest BCUT2D eigenvalue weighted by Gasteiger charge is 2.49. The molecule has 0 spiro atoms. The smallest absolute Gasteiger partial charge is 0.173 e. The van der Waals surface area contributed by atoms with Crippen LogP contribution in [0.3, 0.4) is 0 Å². The van der Waals surface area contributed by atoms with Gasteiger partial charge in [0.25, 0.3) is 0 Å². The number of rotatable bonds is 5. The Balaban J connectivity index is 2.27. The molecule has 0 amide bonds. The van der Waals surface area contributed by atoms with E-state index >= 15 is 0 Å². The first kappa shape index (κ1) is 11.1. The van der Waals surface area contributed by atoms with E-state index in [4.69, 9.17) is 4.74 Å². The predicted molar refractivity (Wildman–Crippen MR) is 62.9 cm³/mol. The van der Waals surface area contributed by atoms with Gasteiger partial charge in [-0.3, -0.25) is 4.79 Å². The Morgan fingerprint density at radius 1 is 1.44 bits per heavy atom. The Morgan fingerprint density at radius 2 is 2.12 bits per heavy atom. The van der Waals surface area contributed by atoms with Crippen molar-refractivity contribution in [3.8, 4) is 5.75 Å². The summed E-state index contributed by atoms with van der Waals surface area (Å²) < 4.78 is 5.23. The summed E-state index contributed by atoms with van der Waals surface area (Å²) in [7, 11) is 3.49. The first-order chi connectivity index (χ1) is 7.73. The Bertz CT molecular complexity index is 397. The van der Waals surface area contributed by atoms with Crippen LogP contribution in [-0.4, -0.2) is 26.5 Å². The monoisotopic (exact) mass is 219 g/mol. The molecule has 1 aromatic rings. The van der Waals surface area contributed by atoms with Crippen LogP contribution in [0.25, 0.3) is 0 Å². The number of ketones is 1. The van der Waals surface area contributed by atoms with Gasteiger partial charge in [0.05, 0.1) is 12.7 Å². The third-order valence-electron chi connectivity index (χ3n) is 3.20. The number of carbonyl (C=O) groups is 1. The Labute approximate surface area is 95.8 Å². The summed E-state index contributed by atoms with van der Waals surface area (Å²) >= 11 is 0. The zero-order valence-corrected chi connectivity index (χ0v) is 9.75. The van der Waals surface area contributed by atoms with Gasteiger partial charge >= 0.3 is 0 Å². The fourth-order valence-corrected chi connectivity index (χ4v) is 2.09. The number of hydrogen-bond acceptors (Lipinski definition) is 3. The molecule has 0 bridgehead atoms. The summed E-state index contributed by atoms with van der Waals surface area (Å²) in [5.74, 6) is 0.883. The molecule has 3 heteroatoms. The number of Topliss-reactive ketones (excluding diaryl/α,β-unsaturated/α-hetero) is 1. The van der Waals surface area contributed by atoms with Crippen LogP contribution >= 0.6 is 0 Å². The van der Waals surface area contributed by atoms with Gasteiger partial charge in [-0.25, -0.2) is 0 Å². The molecule has 0 unspecified atom stereocenters. The van der Waals surface area contributed by atoms with Gasteiger partial charge < -0.3 is 10.1 Å². The lowest BCUT2D eigenvalue weighted by molar-refractivity contribution is 0.0897. The molecular weight excluding hydrogens is 202 g/mol. The molecule has 3 nitrogen and oxygen atoms in total. The summed E-state index contributed by atoms with van der Waals surface area (Å²) in [5.41, 5.74) is 0.529. The maximum Gasteiger partial charge on any atom is 0.173 e. The largest absolute Gasteiger partial charge is 0.496 e. The molecule has 1 aliphatic carbocycles. The van der Waals surface area contributed by atoms with Crippen molar-refractivity contribution >= 4 is 5.78 Å². The number of hydrogen-bond donors (Lipinski definition) is 1. The van der Waals surface area contributed by atoms with E-state index in [1.54, 1.807) is 7.11 Å². The van der Waals surface area contributed by atoms with E-state index in [9.17, 15) is 4.79 Å². The Morgan fingerprint density at radius 3 is 2.69 bits per heavy atom. The van der Waals surface area contributed by atoms with Crippen LogP contribution < -0.4 is 10.1 Å². The van der Waals surface area contributed by atoms with Crippen LogP contribution in [0.15, 0.2) is 24.3 Å². The fourth-order valence-electron chi connectivity index (χ4n) is 2.09. The number of methoxy groups -OCH3 is 1. The van der Waals surface area contributed by atoms with Crippen molar-refractivity contribution in [3.05, 3.63) is 29.8 Å². The van der Waals surface area contributed by atoms with Crippen molar-refractivity contribution in [2.75, 3.05) is 20.7 Å². The minimum Gasteiger partial charge on any atom is -0.496 e. The highest BCUT2D eigenvalue weighted by Crippen LogP contribution is 2.48. The number of ether oxygens (including phenoxy) is 1. The molecule has 2 rings (SSSR count). The van der Waals surface area contributed by atoms with E-state index in [-0.39, 0.29) is 11.2 Å². The highest BCUT2D eigenvalue weighted by molar-refractivity contribution is 6.04. The van der Waals surface area contributed by atoms with E-state index in [0.717, 1.165) is 19.4 Å². The summed E-state index contributed by atoms with van der Waals surface area (Å²) in [6.07, 6.45) is 1.95. The molecule has 0 atom stereocenters. The van der Waals surface area contributed by atoms with Gasteiger partial charge in [0.1, 0.15) is 5.75 Å². The minimum absolute atomic E-state index is 0.177. The standard InChI is InChI=1S/C13H17NO2/c1-14-9-13(7-8-13)12(15)10-5-3-4-6-11(10)16-2/h3-6,14H,7-9H2,1-2H3. The van der Waals surface area contributed by atoms with Crippen LogP contribution in [0.1, 0.15) is 23.2 Å². The van der Waals surface area contributed by atoms with Crippen molar-refractivity contribution < 1.29 is 9.53 Å². The maximum atomic E-state index is 12.4. The molecule has 0 saturated heterocycles. The zero-order chi connectivity index (χ0) is 11.6. The van der Waals surface area contributed by atoms with Crippen molar-refractivity contribution in [3.63, 3.8) is 0 Å². The molecule has 0 heterocycles. The SMILES string of the molecule is CNCC1(C(=O)c2ccccc2OC)CC1. The average molecular weight is 219 g/mol. The maximum absolute atomic E-state index is 12.4. The number of carbonyl (C=O) groups excluding carboxylic acids is 1. The summed E-state index contributed by atoms with van der Waals surface area (Å²) in [4.78, 5) is 12.4.